The summed E-state index contributed by atoms with van der Waals surface area (Å²) in [5.41, 5.74) is 4.57. The van der Waals surface area contributed by atoms with E-state index in [-0.39, 0.29) is 5.91 Å². The van der Waals surface area contributed by atoms with Crippen molar-refractivity contribution in [1.29, 1.82) is 0 Å². The number of rotatable bonds is 5. The molecule has 22 heavy (non-hydrogen) atoms. The van der Waals surface area contributed by atoms with Gasteiger partial charge < -0.3 is 9.80 Å². The molecule has 2 rings (SSSR count). The molecule has 0 aromatic heterocycles. The van der Waals surface area contributed by atoms with Gasteiger partial charge in [0.15, 0.2) is 0 Å². The van der Waals surface area contributed by atoms with E-state index >= 15 is 0 Å². The predicted octanol–water partition coefficient (Wildman–Crippen LogP) is 3.26. The second kappa shape index (κ2) is 7.12. The standard InChI is InChI=1S/C19H24N2O/c1-15-7-5-6-8-17(15)13-19(22)21(4)14-16-9-11-18(12-10-16)20(2)3/h5-12H,13-14H2,1-4H3. The Morgan fingerprint density at radius 3 is 2.18 bits per heavy atom. The van der Waals surface area contributed by atoms with Gasteiger partial charge in [0.05, 0.1) is 6.42 Å². The summed E-state index contributed by atoms with van der Waals surface area (Å²) in [5.74, 6) is 0.144. The maximum atomic E-state index is 12.4. The summed E-state index contributed by atoms with van der Waals surface area (Å²) < 4.78 is 0. The summed E-state index contributed by atoms with van der Waals surface area (Å²) >= 11 is 0. The summed E-state index contributed by atoms with van der Waals surface area (Å²) in [6.45, 7) is 2.68. The number of benzene rings is 2. The number of carbonyl (C=O) groups excluding carboxylic acids is 1. The van der Waals surface area contributed by atoms with E-state index in [1.54, 1.807) is 4.90 Å². The summed E-state index contributed by atoms with van der Waals surface area (Å²) in [4.78, 5) is 16.2. The smallest absolute Gasteiger partial charge is 0.227 e. The van der Waals surface area contributed by atoms with Gasteiger partial charge >= 0.3 is 0 Å². The van der Waals surface area contributed by atoms with Gasteiger partial charge in [-0.1, -0.05) is 36.4 Å². The zero-order chi connectivity index (χ0) is 16.1. The molecule has 116 valence electrons. The first kappa shape index (κ1) is 16.1. The van der Waals surface area contributed by atoms with Gasteiger partial charge in [0.1, 0.15) is 0 Å². The number of nitrogens with zero attached hydrogens (tertiary/aromatic N) is 2. The molecule has 0 spiro atoms. The van der Waals surface area contributed by atoms with E-state index < -0.39 is 0 Å². The largest absolute Gasteiger partial charge is 0.378 e. The number of aryl methyl sites for hydroxylation is 1. The van der Waals surface area contributed by atoms with Gasteiger partial charge in [0.2, 0.25) is 5.91 Å². The van der Waals surface area contributed by atoms with Crippen molar-refractivity contribution in [3.05, 3.63) is 65.2 Å². The molecule has 0 saturated carbocycles. The van der Waals surface area contributed by atoms with Gasteiger partial charge in [-0.25, -0.2) is 0 Å². The molecule has 0 N–H and O–H groups in total. The minimum absolute atomic E-state index is 0.144. The third-order valence-electron chi connectivity index (χ3n) is 3.90. The average molecular weight is 296 g/mol. The molecule has 0 radical (unpaired) electrons. The van der Waals surface area contributed by atoms with Gasteiger partial charge in [-0.2, -0.15) is 0 Å². The van der Waals surface area contributed by atoms with Crippen molar-refractivity contribution in [2.24, 2.45) is 0 Å². The van der Waals surface area contributed by atoms with Crippen molar-refractivity contribution in [2.45, 2.75) is 19.9 Å². The normalized spacial score (nSPS) is 10.4. The van der Waals surface area contributed by atoms with Gasteiger partial charge in [-0.15, -0.1) is 0 Å². The first-order valence-electron chi connectivity index (χ1n) is 7.52. The van der Waals surface area contributed by atoms with Crippen LogP contribution in [-0.2, 0) is 17.8 Å². The molecular formula is C19H24N2O. The highest BCUT2D eigenvalue weighted by molar-refractivity contribution is 5.78. The summed E-state index contributed by atoms with van der Waals surface area (Å²) in [7, 11) is 5.90. The van der Waals surface area contributed by atoms with Crippen LogP contribution in [0.25, 0.3) is 0 Å². The van der Waals surface area contributed by atoms with Crippen LogP contribution in [0.15, 0.2) is 48.5 Å². The molecule has 3 nitrogen and oxygen atoms in total. The molecule has 1 amide bonds. The molecule has 0 saturated heterocycles. The van der Waals surface area contributed by atoms with Crippen LogP contribution in [0, 0.1) is 6.92 Å². The molecule has 0 aliphatic heterocycles. The van der Waals surface area contributed by atoms with E-state index in [4.69, 9.17) is 0 Å². The van der Waals surface area contributed by atoms with Crippen LogP contribution in [0.2, 0.25) is 0 Å². The average Bonchev–Trinajstić information content (AvgIpc) is 2.50. The molecule has 0 heterocycles. The Morgan fingerprint density at radius 2 is 1.59 bits per heavy atom. The molecule has 2 aromatic rings. The highest BCUT2D eigenvalue weighted by Crippen LogP contribution is 2.14. The van der Waals surface area contributed by atoms with E-state index in [9.17, 15) is 4.79 Å². The predicted molar refractivity (Wildman–Crippen MR) is 92.1 cm³/mol. The highest BCUT2D eigenvalue weighted by Gasteiger charge is 2.11. The zero-order valence-corrected chi connectivity index (χ0v) is 13.8. The molecule has 0 aliphatic carbocycles. The van der Waals surface area contributed by atoms with Crippen molar-refractivity contribution < 1.29 is 4.79 Å². The minimum Gasteiger partial charge on any atom is -0.378 e. The Labute approximate surface area is 133 Å². The van der Waals surface area contributed by atoms with Crippen molar-refractivity contribution >= 4 is 11.6 Å². The number of hydrogen-bond acceptors (Lipinski definition) is 2. The lowest BCUT2D eigenvalue weighted by Crippen LogP contribution is -2.27. The number of likely N-dealkylation sites (N-methyl/N-ethyl adjacent to an activating group) is 1. The second-order valence-corrected chi connectivity index (χ2v) is 5.91. The second-order valence-electron chi connectivity index (χ2n) is 5.91. The Morgan fingerprint density at radius 1 is 0.955 bits per heavy atom. The zero-order valence-electron chi connectivity index (χ0n) is 13.8. The minimum atomic E-state index is 0.144. The number of anilines is 1. The fourth-order valence-electron chi connectivity index (χ4n) is 2.37. The van der Waals surface area contributed by atoms with E-state index in [0.29, 0.717) is 13.0 Å². The maximum absolute atomic E-state index is 12.4. The van der Waals surface area contributed by atoms with E-state index in [0.717, 1.165) is 16.8 Å². The lowest BCUT2D eigenvalue weighted by atomic mass is 10.1. The first-order valence-corrected chi connectivity index (χ1v) is 7.52. The lowest BCUT2D eigenvalue weighted by molar-refractivity contribution is -0.129. The van der Waals surface area contributed by atoms with Crippen LogP contribution >= 0.6 is 0 Å². The van der Waals surface area contributed by atoms with Crippen molar-refractivity contribution in [1.82, 2.24) is 4.90 Å². The van der Waals surface area contributed by atoms with Gasteiger partial charge in [-0.3, -0.25) is 4.79 Å². The SMILES string of the molecule is Cc1ccccc1CC(=O)N(C)Cc1ccc(N(C)C)cc1. The van der Waals surface area contributed by atoms with Crippen LogP contribution in [0.3, 0.4) is 0 Å². The summed E-state index contributed by atoms with van der Waals surface area (Å²) in [6.07, 6.45) is 0.457. The van der Waals surface area contributed by atoms with Crippen LogP contribution in [0.1, 0.15) is 16.7 Å². The molecular weight excluding hydrogens is 272 g/mol. The summed E-state index contributed by atoms with van der Waals surface area (Å²) in [5, 5.41) is 0. The van der Waals surface area contributed by atoms with Crippen molar-refractivity contribution in [3.8, 4) is 0 Å². The molecule has 3 heteroatoms. The Hall–Kier alpha value is -2.29. The molecule has 0 fully saturated rings. The number of amides is 1. The molecule has 0 bridgehead atoms. The quantitative estimate of drug-likeness (QED) is 0.845. The topological polar surface area (TPSA) is 23.6 Å². The highest BCUT2D eigenvalue weighted by atomic mass is 16.2. The molecule has 0 unspecified atom stereocenters. The van der Waals surface area contributed by atoms with Crippen LogP contribution in [-0.4, -0.2) is 32.0 Å². The third kappa shape index (κ3) is 4.10. The van der Waals surface area contributed by atoms with Crippen LogP contribution in [0.4, 0.5) is 5.69 Å². The monoisotopic (exact) mass is 296 g/mol. The third-order valence-corrected chi connectivity index (χ3v) is 3.90. The van der Waals surface area contributed by atoms with E-state index in [1.807, 2.05) is 52.3 Å². The fraction of sp³-hybridized carbons (Fsp3) is 0.316. The molecule has 2 aromatic carbocycles. The maximum Gasteiger partial charge on any atom is 0.227 e. The lowest BCUT2D eigenvalue weighted by Gasteiger charge is -2.19. The number of hydrogen-bond donors (Lipinski definition) is 0. The van der Waals surface area contributed by atoms with Gasteiger partial charge in [-0.05, 0) is 35.7 Å². The van der Waals surface area contributed by atoms with Crippen LogP contribution < -0.4 is 4.90 Å². The number of carbonyl (C=O) groups is 1. The molecule has 0 aliphatic rings. The van der Waals surface area contributed by atoms with Crippen LogP contribution in [0.5, 0.6) is 0 Å². The van der Waals surface area contributed by atoms with Gasteiger partial charge in [0.25, 0.3) is 0 Å². The van der Waals surface area contributed by atoms with Crippen molar-refractivity contribution in [3.63, 3.8) is 0 Å². The first-order chi connectivity index (χ1) is 10.5. The Balaban J connectivity index is 1.98. The Bertz CT molecular complexity index is 632. The Kier molecular flexibility index (Phi) is 5.21. The van der Waals surface area contributed by atoms with E-state index in [2.05, 4.69) is 29.2 Å². The van der Waals surface area contributed by atoms with Crippen molar-refractivity contribution in [2.75, 3.05) is 26.0 Å². The van der Waals surface area contributed by atoms with E-state index in [1.165, 1.54) is 5.56 Å². The van der Waals surface area contributed by atoms with Gasteiger partial charge in [0, 0.05) is 33.4 Å². The fourth-order valence-corrected chi connectivity index (χ4v) is 2.37. The summed E-state index contributed by atoms with van der Waals surface area (Å²) in [6, 6.07) is 16.4. The molecule has 0 atom stereocenters.